The molecule has 1 N–H and O–H groups in total. The molecule has 0 aromatic heterocycles. The average molecular weight is 168 g/mol. The van der Waals surface area contributed by atoms with Crippen LogP contribution in [0.3, 0.4) is 0 Å². The second-order valence-electron chi connectivity index (χ2n) is 2.53. The Bertz CT molecular complexity index is 218. The first-order chi connectivity index (χ1) is 5.79. The van der Waals surface area contributed by atoms with Crippen LogP contribution in [0.4, 0.5) is 0 Å². The van der Waals surface area contributed by atoms with Crippen LogP contribution in [0, 0.1) is 0 Å². The highest BCUT2D eigenvalue weighted by Gasteiger charge is 2.22. The van der Waals surface area contributed by atoms with E-state index in [9.17, 15) is 9.90 Å². The van der Waals surface area contributed by atoms with Gasteiger partial charge in [0.25, 0.3) is 0 Å². The molecule has 0 aromatic rings. The molecule has 12 heavy (non-hydrogen) atoms. The van der Waals surface area contributed by atoms with Crippen molar-refractivity contribution in [2.75, 3.05) is 6.61 Å². The molecule has 0 fully saturated rings. The number of ether oxygens (including phenoxy) is 1. The zero-order valence-electron chi connectivity index (χ0n) is 6.93. The van der Waals surface area contributed by atoms with E-state index in [1.54, 1.807) is 18.2 Å². The summed E-state index contributed by atoms with van der Waals surface area (Å²) in [5.41, 5.74) is 0.371. The van der Waals surface area contributed by atoms with Crippen molar-refractivity contribution in [3.05, 3.63) is 23.8 Å². The summed E-state index contributed by atoms with van der Waals surface area (Å²) in [6, 6.07) is 0. The number of aliphatic hydroxyl groups excluding tert-OH is 1. The van der Waals surface area contributed by atoms with E-state index in [1.165, 1.54) is 0 Å². The standard InChI is InChI=1S/C9H12O3/c1-2-12-8-5-3-4-7(6-10)9(8)11/h3-6,8-9,11H,2H2,1H3. The van der Waals surface area contributed by atoms with Crippen LogP contribution in [0.5, 0.6) is 0 Å². The lowest BCUT2D eigenvalue weighted by Gasteiger charge is -2.21. The number of carbonyl (C=O) groups excluding carboxylic acids is 1. The molecular formula is C9H12O3. The molecule has 1 rings (SSSR count). The van der Waals surface area contributed by atoms with Crippen LogP contribution in [-0.2, 0) is 9.53 Å². The Morgan fingerprint density at radius 3 is 3.08 bits per heavy atom. The summed E-state index contributed by atoms with van der Waals surface area (Å²) in [7, 11) is 0. The van der Waals surface area contributed by atoms with Gasteiger partial charge in [0.05, 0.1) is 0 Å². The van der Waals surface area contributed by atoms with Gasteiger partial charge in [-0.05, 0) is 6.92 Å². The molecular weight excluding hydrogens is 156 g/mol. The van der Waals surface area contributed by atoms with Gasteiger partial charge in [0.2, 0.25) is 0 Å². The van der Waals surface area contributed by atoms with Crippen molar-refractivity contribution in [1.82, 2.24) is 0 Å². The summed E-state index contributed by atoms with van der Waals surface area (Å²) in [6.45, 7) is 2.37. The van der Waals surface area contributed by atoms with Crippen molar-refractivity contribution in [2.45, 2.75) is 19.1 Å². The van der Waals surface area contributed by atoms with E-state index in [2.05, 4.69) is 0 Å². The number of carbonyl (C=O) groups is 1. The molecule has 0 aliphatic heterocycles. The van der Waals surface area contributed by atoms with Crippen molar-refractivity contribution < 1.29 is 14.6 Å². The number of hydrogen-bond acceptors (Lipinski definition) is 3. The first kappa shape index (κ1) is 9.16. The highest BCUT2D eigenvalue weighted by Crippen LogP contribution is 2.14. The first-order valence-electron chi connectivity index (χ1n) is 3.92. The van der Waals surface area contributed by atoms with Crippen LogP contribution in [0.1, 0.15) is 6.92 Å². The van der Waals surface area contributed by atoms with E-state index < -0.39 is 6.10 Å². The predicted molar refractivity (Wildman–Crippen MR) is 44.7 cm³/mol. The van der Waals surface area contributed by atoms with Crippen molar-refractivity contribution in [2.24, 2.45) is 0 Å². The van der Waals surface area contributed by atoms with Gasteiger partial charge in [0.1, 0.15) is 18.5 Å². The van der Waals surface area contributed by atoms with E-state index >= 15 is 0 Å². The molecule has 0 saturated carbocycles. The van der Waals surface area contributed by atoms with E-state index in [-0.39, 0.29) is 6.10 Å². The van der Waals surface area contributed by atoms with Gasteiger partial charge >= 0.3 is 0 Å². The third-order valence-electron chi connectivity index (χ3n) is 1.74. The van der Waals surface area contributed by atoms with Crippen LogP contribution in [0.25, 0.3) is 0 Å². The lowest BCUT2D eigenvalue weighted by molar-refractivity contribution is -0.106. The number of rotatable bonds is 3. The van der Waals surface area contributed by atoms with Crippen LogP contribution >= 0.6 is 0 Å². The monoisotopic (exact) mass is 168 g/mol. The van der Waals surface area contributed by atoms with Gasteiger partial charge in [-0.2, -0.15) is 0 Å². The van der Waals surface area contributed by atoms with Crippen LogP contribution in [0.15, 0.2) is 23.8 Å². The summed E-state index contributed by atoms with van der Waals surface area (Å²) < 4.78 is 5.19. The highest BCUT2D eigenvalue weighted by atomic mass is 16.5. The lowest BCUT2D eigenvalue weighted by Crippen LogP contribution is -2.31. The minimum absolute atomic E-state index is 0.371. The maximum atomic E-state index is 10.4. The molecule has 0 heterocycles. The van der Waals surface area contributed by atoms with Gasteiger partial charge in [0, 0.05) is 12.2 Å². The zero-order valence-corrected chi connectivity index (χ0v) is 6.93. The van der Waals surface area contributed by atoms with Crippen LogP contribution in [0.2, 0.25) is 0 Å². The number of allylic oxidation sites excluding steroid dienone is 2. The van der Waals surface area contributed by atoms with Crippen LogP contribution < -0.4 is 0 Å². The third kappa shape index (κ3) is 1.81. The molecule has 1 aliphatic carbocycles. The molecule has 1 aliphatic rings. The average Bonchev–Trinajstić information content (AvgIpc) is 2.09. The zero-order chi connectivity index (χ0) is 8.97. The minimum atomic E-state index is -0.813. The van der Waals surface area contributed by atoms with E-state index in [0.29, 0.717) is 18.5 Å². The molecule has 66 valence electrons. The third-order valence-corrected chi connectivity index (χ3v) is 1.74. The fraction of sp³-hybridized carbons (Fsp3) is 0.444. The Labute approximate surface area is 71.3 Å². The number of aliphatic hydroxyl groups is 1. The molecule has 0 saturated heterocycles. The molecule has 3 heteroatoms. The molecule has 3 nitrogen and oxygen atoms in total. The normalized spacial score (nSPS) is 28.3. The Morgan fingerprint density at radius 1 is 1.75 bits per heavy atom. The summed E-state index contributed by atoms with van der Waals surface area (Å²) in [5, 5.41) is 9.48. The fourth-order valence-electron chi connectivity index (χ4n) is 1.12. The van der Waals surface area contributed by atoms with Gasteiger partial charge < -0.3 is 9.84 Å². The summed E-state index contributed by atoms with van der Waals surface area (Å²) in [4.78, 5) is 10.4. The topological polar surface area (TPSA) is 46.5 Å². The Hall–Kier alpha value is -0.930. The molecule has 0 aromatic carbocycles. The van der Waals surface area contributed by atoms with Crippen molar-refractivity contribution in [1.29, 1.82) is 0 Å². The maximum absolute atomic E-state index is 10.4. The van der Waals surface area contributed by atoms with E-state index in [4.69, 9.17) is 4.74 Å². The van der Waals surface area contributed by atoms with Gasteiger partial charge in [-0.1, -0.05) is 18.2 Å². The SMILES string of the molecule is CCOC1C=CC=C(C=O)C1O. The fourth-order valence-corrected chi connectivity index (χ4v) is 1.12. The van der Waals surface area contributed by atoms with Crippen LogP contribution in [-0.4, -0.2) is 30.2 Å². The molecule has 0 bridgehead atoms. The van der Waals surface area contributed by atoms with Gasteiger partial charge in [-0.3, -0.25) is 4.79 Å². The smallest absolute Gasteiger partial charge is 0.148 e. The predicted octanol–water partition coefficient (Wildman–Crippen LogP) is 0.447. The maximum Gasteiger partial charge on any atom is 0.148 e. The van der Waals surface area contributed by atoms with E-state index in [1.807, 2.05) is 6.92 Å². The molecule has 2 unspecified atom stereocenters. The lowest BCUT2D eigenvalue weighted by atomic mass is 10.0. The molecule has 0 spiro atoms. The highest BCUT2D eigenvalue weighted by molar-refractivity contribution is 5.76. The van der Waals surface area contributed by atoms with Gasteiger partial charge in [-0.25, -0.2) is 0 Å². The quantitative estimate of drug-likeness (QED) is 0.622. The number of hydrogen-bond donors (Lipinski definition) is 1. The Kier molecular flexibility index (Phi) is 3.19. The van der Waals surface area contributed by atoms with Crippen molar-refractivity contribution in [3.63, 3.8) is 0 Å². The van der Waals surface area contributed by atoms with Gasteiger partial charge in [0.15, 0.2) is 0 Å². The molecule has 0 radical (unpaired) electrons. The largest absolute Gasteiger partial charge is 0.385 e. The second-order valence-corrected chi connectivity index (χ2v) is 2.53. The molecule has 0 amide bonds. The number of aldehydes is 1. The van der Waals surface area contributed by atoms with E-state index in [0.717, 1.165) is 0 Å². The summed E-state index contributed by atoms with van der Waals surface area (Å²) in [6.07, 6.45) is 4.51. The summed E-state index contributed by atoms with van der Waals surface area (Å²) in [5.74, 6) is 0. The minimum Gasteiger partial charge on any atom is -0.385 e. The molecule has 2 atom stereocenters. The van der Waals surface area contributed by atoms with Gasteiger partial charge in [-0.15, -0.1) is 0 Å². The summed E-state index contributed by atoms with van der Waals surface area (Å²) >= 11 is 0. The first-order valence-corrected chi connectivity index (χ1v) is 3.92. The van der Waals surface area contributed by atoms with Crippen molar-refractivity contribution in [3.8, 4) is 0 Å². The second kappa shape index (κ2) is 4.18. The van der Waals surface area contributed by atoms with Crippen molar-refractivity contribution >= 4 is 6.29 Å². The Morgan fingerprint density at radius 2 is 2.50 bits per heavy atom. The Balaban J connectivity index is 2.66.